The molecule has 0 saturated carbocycles. The summed E-state index contributed by atoms with van der Waals surface area (Å²) in [6.07, 6.45) is 0. The monoisotopic (exact) mass is 302 g/mol. The van der Waals surface area contributed by atoms with Crippen LogP contribution >= 0.6 is 0 Å². The van der Waals surface area contributed by atoms with Crippen LogP contribution in [0.1, 0.15) is 12.7 Å². The highest BCUT2D eigenvalue weighted by atomic mass is 16.5. The van der Waals surface area contributed by atoms with Crippen molar-refractivity contribution < 1.29 is 9.32 Å². The van der Waals surface area contributed by atoms with Crippen LogP contribution in [0.3, 0.4) is 0 Å². The summed E-state index contributed by atoms with van der Waals surface area (Å²) in [5.74, 6) is 0.620. The van der Waals surface area contributed by atoms with E-state index in [9.17, 15) is 4.79 Å². The van der Waals surface area contributed by atoms with Crippen molar-refractivity contribution in [2.45, 2.75) is 19.5 Å². The van der Waals surface area contributed by atoms with E-state index in [1.54, 1.807) is 0 Å². The number of hydrogen-bond acceptors (Lipinski definition) is 4. The van der Waals surface area contributed by atoms with Crippen LogP contribution in [0.2, 0.25) is 0 Å². The third-order valence-corrected chi connectivity index (χ3v) is 3.49. The molecule has 22 heavy (non-hydrogen) atoms. The van der Waals surface area contributed by atoms with Gasteiger partial charge in [-0.05, 0) is 21.0 Å². The highest BCUT2D eigenvalue weighted by molar-refractivity contribution is 5.73. The van der Waals surface area contributed by atoms with E-state index < -0.39 is 0 Å². The number of nitrogens with one attached hydrogen (secondary N) is 2. The van der Waals surface area contributed by atoms with Crippen LogP contribution in [0.5, 0.6) is 0 Å². The molecular weight excluding hydrogens is 280 g/mol. The van der Waals surface area contributed by atoms with Crippen molar-refractivity contribution in [1.29, 1.82) is 0 Å². The summed E-state index contributed by atoms with van der Waals surface area (Å²) in [7, 11) is 3.95. The Hall–Kier alpha value is -2.34. The van der Waals surface area contributed by atoms with E-state index in [-0.39, 0.29) is 12.1 Å². The quantitative estimate of drug-likeness (QED) is 0.857. The van der Waals surface area contributed by atoms with E-state index in [0.29, 0.717) is 18.8 Å². The van der Waals surface area contributed by atoms with Gasteiger partial charge in [-0.25, -0.2) is 4.79 Å². The maximum absolute atomic E-state index is 11.7. The van der Waals surface area contributed by atoms with E-state index in [0.717, 1.165) is 11.3 Å². The number of amides is 2. The molecule has 6 nitrogen and oxygen atoms in total. The molecule has 0 radical (unpaired) electrons. The van der Waals surface area contributed by atoms with E-state index >= 15 is 0 Å². The number of nitrogens with zero attached hydrogens (tertiary/aromatic N) is 2. The van der Waals surface area contributed by atoms with Gasteiger partial charge in [-0.2, -0.15) is 0 Å². The largest absolute Gasteiger partial charge is 0.359 e. The number of likely N-dealkylation sites (N-methyl/N-ethyl adjacent to an activating group) is 1. The summed E-state index contributed by atoms with van der Waals surface area (Å²) in [5.41, 5.74) is 1.75. The second kappa shape index (κ2) is 7.61. The molecule has 1 aromatic carbocycles. The molecule has 0 aliphatic rings. The van der Waals surface area contributed by atoms with Crippen LogP contribution < -0.4 is 10.6 Å². The van der Waals surface area contributed by atoms with Crippen LogP contribution in [0.4, 0.5) is 4.79 Å². The Morgan fingerprint density at radius 1 is 1.27 bits per heavy atom. The van der Waals surface area contributed by atoms with Crippen molar-refractivity contribution in [3.05, 3.63) is 42.2 Å². The van der Waals surface area contributed by atoms with Gasteiger partial charge in [-0.3, -0.25) is 0 Å². The number of carbonyl (C=O) groups excluding carboxylic acids is 1. The lowest BCUT2D eigenvalue weighted by Crippen LogP contribution is -2.42. The number of benzene rings is 1. The summed E-state index contributed by atoms with van der Waals surface area (Å²) in [6, 6.07) is 11.7. The maximum atomic E-state index is 11.7. The topological polar surface area (TPSA) is 70.4 Å². The van der Waals surface area contributed by atoms with Crippen LogP contribution in [0.15, 0.2) is 40.9 Å². The van der Waals surface area contributed by atoms with Crippen molar-refractivity contribution in [2.24, 2.45) is 0 Å². The van der Waals surface area contributed by atoms with Gasteiger partial charge in [0, 0.05) is 24.2 Å². The Bertz CT molecular complexity index is 595. The fraction of sp³-hybridized carbons (Fsp3) is 0.375. The van der Waals surface area contributed by atoms with Gasteiger partial charge >= 0.3 is 6.03 Å². The molecule has 1 aromatic heterocycles. The molecule has 0 spiro atoms. The van der Waals surface area contributed by atoms with Crippen LogP contribution in [0.25, 0.3) is 11.3 Å². The van der Waals surface area contributed by atoms with Crippen LogP contribution in [0, 0.1) is 0 Å². The fourth-order valence-electron chi connectivity index (χ4n) is 1.79. The molecule has 118 valence electrons. The first kappa shape index (κ1) is 16.0. The van der Waals surface area contributed by atoms with Crippen molar-refractivity contribution in [3.63, 3.8) is 0 Å². The predicted octanol–water partition coefficient (Wildman–Crippen LogP) is 2.09. The molecule has 0 bridgehead atoms. The van der Waals surface area contributed by atoms with Gasteiger partial charge in [0.25, 0.3) is 0 Å². The number of urea groups is 1. The Morgan fingerprint density at radius 2 is 2.00 bits per heavy atom. The molecule has 2 amide bonds. The second-order valence-electron chi connectivity index (χ2n) is 5.42. The molecule has 0 saturated heterocycles. The Labute approximate surface area is 130 Å². The molecule has 1 heterocycles. The van der Waals surface area contributed by atoms with Gasteiger partial charge in [-0.1, -0.05) is 35.5 Å². The summed E-state index contributed by atoms with van der Waals surface area (Å²) < 4.78 is 5.23. The standard InChI is InChI=1S/C16H22N4O2/c1-12(20(2)3)10-17-16(21)18-11-14-9-15(19-22-14)13-7-5-4-6-8-13/h4-9,12H,10-11H2,1-3H3,(H2,17,18,21)/t12-/m1/s1. The lowest BCUT2D eigenvalue weighted by atomic mass is 10.1. The molecule has 0 aliphatic carbocycles. The first-order valence-corrected chi connectivity index (χ1v) is 7.25. The van der Waals surface area contributed by atoms with Crippen molar-refractivity contribution in [2.75, 3.05) is 20.6 Å². The Kier molecular flexibility index (Phi) is 5.55. The fourth-order valence-corrected chi connectivity index (χ4v) is 1.79. The molecule has 0 aliphatic heterocycles. The van der Waals surface area contributed by atoms with Crippen molar-refractivity contribution in [1.82, 2.24) is 20.7 Å². The summed E-state index contributed by atoms with van der Waals surface area (Å²) in [4.78, 5) is 13.8. The van der Waals surface area contributed by atoms with E-state index in [2.05, 4.69) is 15.8 Å². The minimum Gasteiger partial charge on any atom is -0.359 e. The van der Waals surface area contributed by atoms with E-state index in [1.165, 1.54) is 0 Å². The SMILES string of the molecule is C[C@H](CNC(=O)NCc1cc(-c2ccccc2)no1)N(C)C. The van der Waals surface area contributed by atoms with Crippen molar-refractivity contribution >= 4 is 6.03 Å². The Balaban J connectivity index is 1.80. The number of hydrogen-bond donors (Lipinski definition) is 2. The molecule has 0 fully saturated rings. The van der Waals surface area contributed by atoms with Crippen LogP contribution in [-0.4, -0.2) is 42.8 Å². The Morgan fingerprint density at radius 3 is 2.68 bits per heavy atom. The highest BCUT2D eigenvalue weighted by Crippen LogP contribution is 2.18. The highest BCUT2D eigenvalue weighted by Gasteiger charge is 2.09. The summed E-state index contributed by atoms with van der Waals surface area (Å²) in [6.45, 7) is 2.94. The zero-order valence-corrected chi connectivity index (χ0v) is 13.2. The van der Waals surface area contributed by atoms with Gasteiger partial charge in [0.1, 0.15) is 5.69 Å². The zero-order valence-electron chi connectivity index (χ0n) is 13.2. The predicted molar refractivity (Wildman–Crippen MR) is 85.3 cm³/mol. The van der Waals surface area contributed by atoms with Crippen molar-refractivity contribution in [3.8, 4) is 11.3 Å². The van der Waals surface area contributed by atoms with E-state index in [1.807, 2.05) is 62.3 Å². The smallest absolute Gasteiger partial charge is 0.315 e. The molecule has 2 rings (SSSR count). The summed E-state index contributed by atoms with van der Waals surface area (Å²) >= 11 is 0. The van der Waals surface area contributed by atoms with E-state index in [4.69, 9.17) is 4.52 Å². The lowest BCUT2D eigenvalue weighted by molar-refractivity contribution is 0.232. The lowest BCUT2D eigenvalue weighted by Gasteiger charge is -2.19. The average Bonchev–Trinajstić information content (AvgIpc) is 3.00. The molecule has 2 N–H and O–H groups in total. The molecule has 1 atom stereocenters. The first-order valence-electron chi connectivity index (χ1n) is 7.25. The minimum atomic E-state index is -0.216. The van der Waals surface area contributed by atoms with Gasteiger partial charge < -0.3 is 20.1 Å². The number of rotatable bonds is 6. The third-order valence-electron chi connectivity index (χ3n) is 3.49. The number of carbonyl (C=O) groups is 1. The normalized spacial score (nSPS) is 12.2. The average molecular weight is 302 g/mol. The second-order valence-corrected chi connectivity index (χ2v) is 5.42. The summed E-state index contributed by atoms with van der Waals surface area (Å²) in [5, 5.41) is 9.58. The van der Waals surface area contributed by atoms with Gasteiger partial charge in [0.05, 0.1) is 6.54 Å². The third kappa shape index (κ3) is 4.60. The molecule has 6 heteroatoms. The van der Waals surface area contributed by atoms with Gasteiger partial charge in [0.15, 0.2) is 5.76 Å². The van der Waals surface area contributed by atoms with Gasteiger partial charge in [0.2, 0.25) is 0 Å². The first-order chi connectivity index (χ1) is 10.6. The zero-order chi connectivity index (χ0) is 15.9. The molecule has 0 unspecified atom stereocenters. The maximum Gasteiger partial charge on any atom is 0.315 e. The minimum absolute atomic E-state index is 0.216. The van der Waals surface area contributed by atoms with Gasteiger partial charge in [-0.15, -0.1) is 0 Å². The molecule has 2 aromatic rings. The number of aromatic nitrogens is 1. The van der Waals surface area contributed by atoms with Crippen LogP contribution in [-0.2, 0) is 6.54 Å². The molecular formula is C16H22N4O2.